The Morgan fingerprint density at radius 2 is 1.71 bits per heavy atom. The SMILES string of the molecule is C=c1cccc/c1=C/C(=C\C)c1ccc2ccccc2n1. The van der Waals surface area contributed by atoms with Gasteiger partial charge >= 0.3 is 0 Å². The number of benzene rings is 2. The molecule has 0 N–H and O–H groups in total. The van der Waals surface area contributed by atoms with Crippen molar-refractivity contribution in [2.45, 2.75) is 6.92 Å². The van der Waals surface area contributed by atoms with Gasteiger partial charge in [0, 0.05) is 5.39 Å². The molecule has 3 aromatic rings. The highest BCUT2D eigenvalue weighted by atomic mass is 14.7. The van der Waals surface area contributed by atoms with Gasteiger partial charge in [0.2, 0.25) is 0 Å². The summed E-state index contributed by atoms with van der Waals surface area (Å²) in [6.45, 7) is 6.11. The van der Waals surface area contributed by atoms with Crippen LogP contribution in [0, 0.1) is 0 Å². The summed E-state index contributed by atoms with van der Waals surface area (Å²) >= 11 is 0. The van der Waals surface area contributed by atoms with Crippen LogP contribution in [0.25, 0.3) is 29.1 Å². The highest BCUT2D eigenvalue weighted by Gasteiger charge is 2.01. The summed E-state index contributed by atoms with van der Waals surface area (Å²) in [5.74, 6) is 0. The van der Waals surface area contributed by atoms with Crippen LogP contribution < -0.4 is 10.4 Å². The van der Waals surface area contributed by atoms with Crippen LogP contribution >= 0.6 is 0 Å². The lowest BCUT2D eigenvalue weighted by molar-refractivity contribution is 1.35. The summed E-state index contributed by atoms with van der Waals surface area (Å²) in [6, 6.07) is 20.5. The van der Waals surface area contributed by atoms with Crippen LogP contribution in [0.5, 0.6) is 0 Å². The van der Waals surface area contributed by atoms with Crippen LogP contribution in [0.2, 0.25) is 0 Å². The minimum Gasteiger partial charge on any atom is -0.248 e. The van der Waals surface area contributed by atoms with Crippen molar-refractivity contribution in [2.24, 2.45) is 0 Å². The molecule has 3 rings (SSSR count). The summed E-state index contributed by atoms with van der Waals surface area (Å²) in [7, 11) is 0. The molecule has 0 spiro atoms. The van der Waals surface area contributed by atoms with Crippen LogP contribution in [0.15, 0.2) is 66.7 Å². The number of aromatic nitrogens is 1. The largest absolute Gasteiger partial charge is 0.248 e. The van der Waals surface area contributed by atoms with Gasteiger partial charge in [0.25, 0.3) is 0 Å². The smallest absolute Gasteiger partial charge is 0.0709 e. The second-order valence-corrected chi connectivity index (χ2v) is 4.98. The highest BCUT2D eigenvalue weighted by molar-refractivity contribution is 5.89. The number of fused-ring (bicyclic) bond motifs is 1. The summed E-state index contributed by atoms with van der Waals surface area (Å²) in [5, 5.41) is 3.31. The van der Waals surface area contributed by atoms with Crippen molar-refractivity contribution in [3.8, 4) is 0 Å². The third kappa shape index (κ3) is 2.77. The predicted octanol–water partition coefficient (Wildman–Crippen LogP) is 3.53. The Kier molecular flexibility index (Phi) is 3.65. The molecule has 0 saturated carbocycles. The normalized spacial score (nSPS) is 12.8. The Labute approximate surface area is 124 Å². The van der Waals surface area contributed by atoms with Crippen LogP contribution in [-0.2, 0) is 0 Å². The zero-order chi connectivity index (χ0) is 14.7. The first-order valence-corrected chi connectivity index (χ1v) is 7.06. The third-order valence-corrected chi connectivity index (χ3v) is 3.57. The molecule has 21 heavy (non-hydrogen) atoms. The molecule has 2 aromatic carbocycles. The number of rotatable bonds is 2. The van der Waals surface area contributed by atoms with Gasteiger partial charge in [-0.15, -0.1) is 0 Å². The van der Waals surface area contributed by atoms with E-state index in [-0.39, 0.29) is 0 Å². The van der Waals surface area contributed by atoms with E-state index in [1.165, 1.54) is 0 Å². The fourth-order valence-corrected chi connectivity index (χ4v) is 2.37. The lowest BCUT2D eigenvalue weighted by atomic mass is 10.1. The first kappa shape index (κ1) is 13.3. The van der Waals surface area contributed by atoms with Crippen molar-refractivity contribution in [3.63, 3.8) is 0 Å². The van der Waals surface area contributed by atoms with Crippen LogP contribution in [0.4, 0.5) is 0 Å². The zero-order valence-corrected chi connectivity index (χ0v) is 12.1. The molecule has 1 nitrogen and oxygen atoms in total. The van der Waals surface area contributed by atoms with Crippen molar-refractivity contribution in [3.05, 3.63) is 82.9 Å². The molecule has 0 radical (unpaired) electrons. The lowest BCUT2D eigenvalue weighted by Crippen LogP contribution is -2.21. The minimum atomic E-state index is 0.986. The minimum absolute atomic E-state index is 0.986. The average molecular weight is 271 g/mol. The van der Waals surface area contributed by atoms with Gasteiger partial charge in [-0.1, -0.05) is 61.2 Å². The molecule has 0 atom stereocenters. The molecule has 0 saturated heterocycles. The summed E-state index contributed by atoms with van der Waals surface area (Å²) < 4.78 is 0. The fraction of sp³-hybridized carbons (Fsp3) is 0.0500. The number of hydrogen-bond acceptors (Lipinski definition) is 1. The summed E-state index contributed by atoms with van der Waals surface area (Å²) in [5.41, 5.74) is 3.11. The molecule has 0 aliphatic carbocycles. The highest BCUT2D eigenvalue weighted by Crippen LogP contribution is 2.18. The van der Waals surface area contributed by atoms with E-state index in [2.05, 4.69) is 43.0 Å². The van der Waals surface area contributed by atoms with E-state index in [9.17, 15) is 0 Å². The topological polar surface area (TPSA) is 12.9 Å². The van der Waals surface area contributed by atoms with Crippen LogP contribution in [0.1, 0.15) is 12.6 Å². The van der Waals surface area contributed by atoms with E-state index in [0.29, 0.717) is 0 Å². The Morgan fingerprint density at radius 3 is 2.52 bits per heavy atom. The molecule has 0 amide bonds. The molecule has 1 aromatic heterocycles. The van der Waals surface area contributed by atoms with E-state index in [1.807, 2.05) is 43.3 Å². The summed E-state index contributed by atoms with van der Waals surface area (Å²) in [6.07, 6.45) is 4.23. The Morgan fingerprint density at radius 1 is 0.952 bits per heavy atom. The fourth-order valence-electron chi connectivity index (χ4n) is 2.37. The van der Waals surface area contributed by atoms with Gasteiger partial charge in [-0.3, -0.25) is 0 Å². The number of nitrogens with zero attached hydrogens (tertiary/aromatic N) is 1. The van der Waals surface area contributed by atoms with E-state index >= 15 is 0 Å². The van der Waals surface area contributed by atoms with Crippen molar-refractivity contribution >= 4 is 29.1 Å². The second kappa shape index (κ2) is 5.76. The quantitative estimate of drug-likeness (QED) is 0.695. The van der Waals surface area contributed by atoms with Gasteiger partial charge in [-0.2, -0.15) is 0 Å². The first-order chi connectivity index (χ1) is 10.3. The molecule has 0 aliphatic heterocycles. The van der Waals surface area contributed by atoms with Gasteiger partial charge in [0.15, 0.2) is 0 Å². The van der Waals surface area contributed by atoms with Gasteiger partial charge in [0.1, 0.15) is 0 Å². The molecule has 0 fully saturated rings. The number of allylic oxidation sites excluding steroid dienone is 2. The van der Waals surface area contributed by atoms with E-state index in [1.54, 1.807) is 0 Å². The molecular weight excluding hydrogens is 254 g/mol. The predicted molar refractivity (Wildman–Crippen MR) is 91.1 cm³/mol. The Balaban J connectivity index is 2.14. The van der Waals surface area contributed by atoms with Crippen LogP contribution in [-0.4, -0.2) is 4.98 Å². The van der Waals surface area contributed by atoms with E-state index < -0.39 is 0 Å². The van der Waals surface area contributed by atoms with E-state index in [0.717, 1.165) is 32.6 Å². The van der Waals surface area contributed by atoms with Crippen LogP contribution in [0.3, 0.4) is 0 Å². The van der Waals surface area contributed by atoms with E-state index in [4.69, 9.17) is 4.98 Å². The lowest BCUT2D eigenvalue weighted by Gasteiger charge is -2.04. The number of pyridine rings is 1. The Hall–Kier alpha value is -2.67. The van der Waals surface area contributed by atoms with Crippen molar-refractivity contribution in [1.29, 1.82) is 0 Å². The maximum absolute atomic E-state index is 4.75. The standard InChI is InChI=1S/C20H17N/c1-3-16(14-18-10-5-4-8-15(18)2)20-13-12-17-9-6-7-11-19(17)21-20/h3-14H,2H2,1H3/b16-3+,18-14-. The molecule has 1 heteroatoms. The maximum atomic E-state index is 4.75. The molecule has 0 bridgehead atoms. The van der Waals surface area contributed by atoms with Gasteiger partial charge in [0.05, 0.1) is 11.2 Å². The molecule has 1 heterocycles. The first-order valence-electron chi connectivity index (χ1n) is 7.06. The van der Waals surface area contributed by atoms with Gasteiger partial charge in [-0.25, -0.2) is 4.98 Å². The summed E-state index contributed by atoms with van der Waals surface area (Å²) in [4.78, 5) is 4.75. The molecule has 102 valence electrons. The van der Waals surface area contributed by atoms with Gasteiger partial charge < -0.3 is 0 Å². The second-order valence-electron chi connectivity index (χ2n) is 4.98. The van der Waals surface area contributed by atoms with Crippen molar-refractivity contribution in [1.82, 2.24) is 4.98 Å². The third-order valence-electron chi connectivity index (χ3n) is 3.57. The monoisotopic (exact) mass is 271 g/mol. The van der Waals surface area contributed by atoms with Gasteiger partial charge in [-0.05, 0) is 41.1 Å². The maximum Gasteiger partial charge on any atom is 0.0709 e. The number of hydrogen-bond donors (Lipinski definition) is 0. The molecular formula is C20H17N. The average Bonchev–Trinajstić information content (AvgIpc) is 2.54. The van der Waals surface area contributed by atoms with Crippen molar-refractivity contribution in [2.75, 3.05) is 0 Å². The Bertz CT molecular complexity index is 920. The molecule has 0 aliphatic rings. The molecule has 0 unspecified atom stereocenters. The zero-order valence-electron chi connectivity index (χ0n) is 12.1. The van der Waals surface area contributed by atoms with Crippen molar-refractivity contribution < 1.29 is 0 Å². The number of para-hydroxylation sites is 1.